The Morgan fingerprint density at radius 2 is 1.84 bits per heavy atom. The molecule has 1 aromatic heterocycles. The van der Waals surface area contributed by atoms with E-state index in [1.54, 1.807) is 0 Å². The van der Waals surface area contributed by atoms with Crippen LogP contribution in [0.15, 0.2) is 48.5 Å². The van der Waals surface area contributed by atoms with Crippen molar-refractivity contribution < 1.29 is 4.79 Å². The molecule has 0 spiro atoms. The van der Waals surface area contributed by atoms with E-state index in [0.717, 1.165) is 22.4 Å². The van der Waals surface area contributed by atoms with Crippen molar-refractivity contribution in [1.29, 1.82) is 0 Å². The quantitative estimate of drug-likeness (QED) is 0.775. The van der Waals surface area contributed by atoms with Crippen molar-refractivity contribution in [3.8, 4) is 11.4 Å². The second kappa shape index (κ2) is 7.25. The summed E-state index contributed by atoms with van der Waals surface area (Å²) in [6.07, 6.45) is 0. The Bertz CT molecular complexity index is 885. The standard InChI is InChI=1S/C19H21N5O/c1-13(2)15-9-6-7-11-17(15)20-18(25)12-24-22-19(21-23-24)16-10-5-4-8-14(16)3/h4-11,13H,12H2,1-3H3,(H,20,25). The number of hydrogen-bond donors (Lipinski definition) is 1. The molecule has 0 bridgehead atoms. The van der Waals surface area contributed by atoms with Crippen LogP contribution in [0.1, 0.15) is 30.9 Å². The van der Waals surface area contributed by atoms with Crippen molar-refractivity contribution in [2.45, 2.75) is 33.2 Å². The maximum atomic E-state index is 12.3. The van der Waals surface area contributed by atoms with E-state index in [9.17, 15) is 4.79 Å². The fraction of sp³-hybridized carbons (Fsp3) is 0.263. The summed E-state index contributed by atoms with van der Waals surface area (Å²) in [6.45, 7) is 6.20. The Hall–Kier alpha value is -3.02. The van der Waals surface area contributed by atoms with Gasteiger partial charge in [-0.15, -0.1) is 10.2 Å². The first-order chi connectivity index (χ1) is 12.0. The molecule has 0 unspecified atom stereocenters. The fourth-order valence-corrected chi connectivity index (χ4v) is 2.67. The number of carbonyl (C=O) groups excluding carboxylic acids is 1. The number of aromatic nitrogens is 4. The molecule has 1 amide bonds. The van der Waals surface area contributed by atoms with Gasteiger partial charge in [-0.1, -0.05) is 56.3 Å². The van der Waals surface area contributed by atoms with Gasteiger partial charge in [-0.2, -0.15) is 4.80 Å². The molecular weight excluding hydrogens is 314 g/mol. The first-order valence-corrected chi connectivity index (χ1v) is 8.27. The SMILES string of the molecule is Cc1ccccc1-c1nnn(CC(=O)Nc2ccccc2C(C)C)n1. The van der Waals surface area contributed by atoms with Crippen LogP contribution in [-0.4, -0.2) is 26.1 Å². The van der Waals surface area contributed by atoms with Gasteiger partial charge in [0.1, 0.15) is 6.54 Å². The molecule has 3 rings (SSSR count). The Balaban J connectivity index is 1.72. The Morgan fingerprint density at radius 1 is 1.12 bits per heavy atom. The smallest absolute Gasteiger partial charge is 0.248 e. The second-order valence-electron chi connectivity index (χ2n) is 6.25. The zero-order valence-corrected chi connectivity index (χ0v) is 14.6. The van der Waals surface area contributed by atoms with E-state index in [4.69, 9.17) is 0 Å². The Kier molecular flexibility index (Phi) is 4.88. The van der Waals surface area contributed by atoms with E-state index in [1.165, 1.54) is 4.80 Å². The van der Waals surface area contributed by atoms with Crippen LogP contribution in [0.25, 0.3) is 11.4 Å². The van der Waals surface area contributed by atoms with Crippen molar-refractivity contribution in [3.05, 3.63) is 59.7 Å². The Labute approximate surface area is 146 Å². The van der Waals surface area contributed by atoms with Crippen LogP contribution in [-0.2, 0) is 11.3 Å². The van der Waals surface area contributed by atoms with Gasteiger partial charge in [-0.3, -0.25) is 4.79 Å². The lowest BCUT2D eigenvalue weighted by Gasteiger charge is -2.13. The Morgan fingerprint density at radius 3 is 2.60 bits per heavy atom. The number of carbonyl (C=O) groups is 1. The lowest BCUT2D eigenvalue weighted by atomic mass is 10.0. The molecule has 0 aliphatic rings. The molecule has 1 heterocycles. The largest absolute Gasteiger partial charge is 0.324 e. The highest BCUT2D eigenvalue weighted by atomic mass is 16.2. The van der Waals surface area contributed by atoms with Crippen LogP contribution in [0, 0.1) is 6.92 Å². The van der Waals surface area contributed by atoms with Gasteiger partial charge in [0, 0.05) is 11.3 Å². The number of aryl methyl sites for hydroxylation is 1. The third kappa shape index (κ3) is 3.91. The number of nitrogens with one attached hydrogen (secondary N) is 1. The number of anilines is 1. The van der Waals surface area contributed by atoms with Crippen LogP contribution in [0.4, 0.5) is 5.69 Å². The molecule has 6 heteroatoms. The third-order valence-corrected chi connectivity index (χ3v) is 3.98. The lowest BCUT2D eigenvalue weighted by Crippen LogP contribution is -2.21. The molecule has 0 atom stereocenters. The number of benzene rings is 2. The number of nitrogens with zero attached hydrogens (tertiary/aromatic N) is 4. The van der Waals surface area contributed by atoms with Crippen molar-refractivity contribution in [3.63, 3.8) is 0 Å². The van der Waals surface area contributed by atoms with Gasteiger partial charge in [0.15, 0.2) is 0 Å². The number of amides is 1. The average molecular weight is 335 g/mol. The predicted molar refractivity (Wildman–Crippen MR) is 97.2 cm³/mol. The van der Waals surface area contributed by atoms with Gasteiger partial charge < -0.3 is 5.32 Å². The van der Waals surface area contributed by atoms with Crippen molar-refractivity contribution in [2.24, 2.45) is 0 Å². The van der Waals surface area contributed by atoms with Crippen molar-refractivity contribution in [2.75, 3.05) is 5.32 Å². The highest BCUT2D eigenvalue weighted by Gasteiger charge is 2.13. The van der Waals surface area contributed by atoms with Gasteiger partial charge >= 0.3 is 0 Å². The topological polar surface area (TPSA) is 72.7 Å². The van der Waals surface area contributed by atoms with Gasteiger partial charge in [-0.25, -0.2) is 0 Å². The van der Waals surface area contributed by atoms with Crippen molar-refractivity contribution >= 4 is 11.6 Å². The van der Waals surface area contributed by atoms with E-state index >= 15 is 0 Å². The fourth-order valence-electron chi connectivity index (χ4n) is 2.67. The van der Waals surface area contributed by atoms with E-state index < -0.39 is 0 Å². The van der Waals surface area contributed by atoms with E-state index in [1.807, 2.05) is 55.5 Å². The molecule has 128 valence electrons. The predicted octanol–water partition coefficient (Wildman–Crippen LogP) is 3.41. The first kappa shape index (κ1) is 16.8. The maximum Gasteiger partial charge on any atom is 0.248 e. The molecule has 0 aliphatic heterocycles. The summed E-state index contributed by atoms with van der Waals surface area (Å²) in [7, 11) is 0. The highest BCUT2D eigenvalue weighted by Crippen LogP contribution is 2.23. The number of hydrogen-bond acceptors (Lipinski definition) is 4. The molecule has 0 saturated carbocycles. The van der Waals surface area contributed by atoms with Crippen molar-refractivity contribution in [1.82, 2.24) is 20.2 Å². The molecule has 1 N–H and O–H groups in total. The molecule has 2 aromatic carbocycles. The van der Waals surface area contributed by atoms with Crippen LogP contribution in [0.3, 0.4) is 0 Å². The highest BCUT2D eigenvalue weighted by molar-refractivity contribution is 5.91. The van der Waals surface area contributed by atoms with E-state index in [2.05, 4.69) is 34.6 Å². The second-order valence-corrected chi connectivity index (χ2v) is 6.25. The number of rotatable bonds is 5. The molecule has 6 nitrogen and oxygen atoms in total. The molecular formula is C19H21N5O. The molecule has 0 fully saturated rings. The average Bonchev–Trinajstić information content (AvgIpc) is 3.03. The molecule has 0 saturated heterocycles. The zero-order chi connectivity index (χ0) is 17.8. The summed E-state index contributed by atoms with van der Waals surface area (Å²) in [6, 6.07) is 15.6. The molecule has 0 radical (unpaired) electrons. The molecule has 3 aromatic rings. The zero-order valence-electron chi connectivity index (χ0n) is 14.6. The molecule has 25 heavy (non-hydrogen) atoms. The van der Waals surface area contributed by atoms with Gasteiger partial charge in [-0.05, 0) is 35.2 Å². The van der Waals surface area contributed by atoms with Crippen LogP contribution in [0.2, 0.25) is 0 Å². The van der Waals surface area contributed by atoms with Crippen LogP contribution >= 0.6 is 0 Å². The minimum Gasteiger partial charge on any atom is -0.324 e. The third-order valence-electron chi connectivity index (χ3n) is 3.98. The number of para-hydroxylation sites is 1. The monoisotopic (exact) mass is 335 g/mol. The van der Waals surface area contributed by atoms with E-state index in [0.29, 0.717) is 11.7 Å². The minimum absolute atomic E-state index is 0.0192. The normalized spacial score (nSPS) is 10.9. The summed E-state index contributed by atoms with van der Waals surface area (Å²) in [5.41, 5.74) is 3.90. The van der Waals surface area contributed by atoms with Crippen LogP contribution < -0.4 is 5.32 Å². The van der Waals surface area contributed by atoms with Gasteiger partial charge in [0.05, 0.1) is 0 Å². The van der Waals surface area contributed by atoms with Gasteiger partial charge in [0.2, 0.25) is 11.7 Å². The number of tetrazole rings is 1. The minimum atomic E-state index is -0.179. The van der Waals surface area contributed by atoms with Crippen LogP contribution in [0.5, 0.6) is 0 Å². The summed E-state index contributed by atoms with van der Waals surface area (Å²) in [5.74, 6) is 0.670. The molecule has 0 aliphatic carbocycles. The van der Waals surface area contributed by atoms with E-state index in [-0.39, 0.29) is 12.5 Å². The summed E-state index contributed by atoms with van der Waals surface area (Å²) in [4.78, 5) is 13.6. The first-order valence-electron chi connectivity index (χ1n) is 8.27. The van der Waals surface area contributed by atoms with Gasteiger partial charge in [0.25, 0.3) is 0 Å². The summed E-state index contributed by atoms with van der Waals surface area (Å²) >= 11 is 0. The lowest BCUT2D eigenvalue weighted by molar-refractivity contribution is -0.117. The summed E-state index contributed by atoms with van der Waals surface area (Å²) < 4.78 is 0. The summed E-state index contributed by atoms with van der Waals surface area (Å²) in [5, 5.41) is 15.3. The maximum absolute atomic E-state index is 12.3.